The van der Waals surface area contributed by atoms with Gasteiger partial charge in [-0.05, 0) is 41.9 Å². The molecule has 0 N–H and O–H groups in total. The van der Waals surface area contributed by atoms with Gasteiger partial charge in [0.2, 0.25) is 11.8 Å². The lowest BCUT2D eigenvalue weighted by atomic mass is 9.83. The van der Waals surface area contributed by atoms with Gasteiger partial charge < -0.3 is 4.90 Å². The molecule has 2 amide bonds. The molecule has 2 aliphatic rings. The summed E-state index contributed by atoms with van der Waals surface area (Å²) in [6, 6.07) is 11.2. The van der Waals surface area contributed by atoms with Gasteiger partial charge in [-0.2, -0.15) is 0 Å². The Kier molecular flexibility index (Phi) is 4.51. The zero-order valence-corrected chi connectivity index (χ0v) is 15.8. The second-order valence-corrected chi connectivity index (χ2v) is 7.67. The van der Waals surface area contributed by atoms with Crippen LogP contribution < -0.4 is 4.90 Å². The number of fused-ring (bicyclic) bond motifs is 1. The zero-order chi connectivity index (χ0) is 18.4. The smallest absolute Gasteiger partial charge is 0.234 e. The molecule has 0 saturated carbocycles. The Balaban J connectivity index is 1.89. The van der Waals surface area contributed by atoms with Gasteiger partial charge in [-0.25, -0.2) is 0 Å². The predicted octanol–water partition coefficient (Wildman–Crippen LogP) is 4.22. The molecule has 1 unspecified atom stereocenters. The van der Waals surface area contributed by atoms with Crippen LogP contribution in [0, 0.1) is 0 Å². The third-order valence-electron chi connectivity index (χ3n) is 5.12. The summed E-state index contributed by atoms with van der Waals surface area (Å²) in [4.78, 5) is 28.1. The van der Waals surface area contributed by atoms with Crippen molar-refractivity contribution in [2.45, 2.75) is 25.3 Å². The van der Waals surface area contributed by atoms with E-state index in [2.05, 4.69) is 4.90 Å². The Labute approximate surface area is 162 Å². The van der Waals surface area contributed by atoms with Crippen LogP contribution in [0.1, 0.15) is 35.4 Å². The normalized spacial score (nSPS) is 20.6. The minimum atomic E-state index is -0.149. The van der Waals surface area contributed by atoms with Gasteiger partial charge in [0.15, 0.2) is 0 Å². The molecule has 4 nitrogen and oxygen atoms in total. The molecule has 0 radical (unpaired) electrons. The molecule has 0 aromatic heterocycles. The van der Waals surface area contributed by atoms with Gasteiger partial charge in [0.25, 0.3) is 0 Å². The Bertz CT molecular complexity index is 897. The highest BCUT2D eigenvalue weighted by atomic mass is 35.5. The maximum absolute atomic E-state index is 12.3. The van der Waals surface area contributed by atoms with E-state index in [1.807, 2.05) is 43.4 Å². The topological polar surface area (TPSA) is 40.6 Å². The highest BCUT2D eigenvalue weighted by molar-refractivity contribution is 6.34. The van der Waals surface area contributed by atoms with Crippen LogP contribution in [0.2, 0.25) is 10.0 Å². The minimum absolute atomic E-state index is 0.0626. The van der Waals surface area contributed by atoms with E-state index >= 15 is 0 Å². The van der Waals surface area contributed by atoms with Gasteiger partial charge in [0.1, 0.15) is 0 Å². The number of nitrogens with zero attached hydrogens (tertiary/aromatic N) is 2. The summed E-state index contributed by atoms with van der Waals surface area (Å²) in [6.07, 6.45) is 0.530. The number of hydrogen-bond donors (Lipinski definition) is 0. The third-order valence-corrected chi connectivity index (χ3v) is 5.81. The number of anilines is 1. The van der Waals surface area contributed by atoms with Crippen molar-refractivity contribution in [3.63, 3.8) is 0 Å². The molecule has 4 rings (SSSR count). The Morgan fingerprint density at radius 1 is 0.962 bits per heavy atom. The highest BCUT2D eigenvalue weighted by Crippen LogP contribution is 2.43. The van der Waals surface area contributed by atoms with Crippen molar-refractivity contribution in [3.8, 4) is 0 Å². The molecule has 1 saturated heterocycles. The average Bonchev–Trinajstić information content (AvgIpc) is 2.96. The molecular formula is C20H18Cl2N2O2. The standard InChI is InChI=1S/C20H18Cl2N2O2/c1-23-10-13(20-14(11-23)15(21)6-7-16(20)22)12-4-2-3-5-17(12)24-18(25)8-9-19(24)26/h2-7,13H,8-11H2,1H3. The Morgan fingerprint density at radius 2 is 1.62 bits per heavy atom. The zero-order valence-electron chi connectivity index (χ0n) is 14.3. The third kappa shape index (κ3) is 2.82. The van der Waals surface area contributed by atoms with Gasteiger partial charge in [-0.15, -0.1) is 0 Å². The fourth-order valence-electron chi connectivity index (χ4n) is 3.97. The maximum Gasteiger partial charge on any atom is 0.234 e. The average molecular weight is 389 g/mol. The van der Waals surface area contributed by atoms with E-state index in [1.165, 1.54) is 4.90 Å². The quantitative estimate of drug-likeness (QED) is 0.722. The summed E-state index contributed by atoms with van der Waals surface area (Å²) in [5.74, 6) is -0.361. The number of halogens is 2. The number of amides is 2. The van der Waals surface area contributed by atoms with Crippen LogP contribution in [0.5, 0.6) is 0 Å². The van der Waals surface area contributed by atoms with Gasteiger partial charge >= 0.3 is 0 Å². The van der Waals surface area contributed by atoms with Gasteiger partial charge in [0, 0.05) is 41.9 Å². The minimum Gasteiger partial charge on any atom is -0.301 e. The van der Waals surface area contributed by atoms with E-state index < -0.39 is 0 Å². The number of carbonyl (C=O) groups is 2. The summed E-state index contributed by atoms with van der Waals surface area (Å²) >= 11 is 13.0. The maximum atomic E-state index is 12.3. The molecule has 1 fully saturated rings. The first-order valence-electron chi connectivity index (χ1n) is 8.57. The molecule has 0 spiro atoms. The van der Waals surface area contributed by atoms with Crippen molar-refractivity contribution in [2.24, 2.45) is 0 Å². The monoisotopic (exact) mass is 388 g/mol. The van der Waals surface area contributed by atoms with E-state index in [0.717, 1.165) is 29.8 Å². The largest absolute Gasteiger partial charge is 0.301 e. The molecule has 2 aliphatic heterocycles. The van der Waals surface area contributed by atoms with E-state index in [9.17, 15) is 9.59 Å². The fraction of sp³-hybridized carbons (Fsp3) is 0.300. The van der Waals surface area contributed by atoms with Crippen LogP contribution in [-0.4, -0.2) is 30.3 Å². The summed E-state index contributed by atoms with van der Waals surface area (Å²) in [7, 11) is 2.03. The highest BCUT2D eigenvalue weighted by Gasteiger charge is 2.35. The van der Waals surface area contributed by atoms with Gasteiger partial charge in [0.05, 0.1) is 5.69 Å². The lowest BCUT2D eigenvalue weighted by molar-refractivity contribution is -0.121. The number of benzene rings is 2. The Morgan fingerprint density at radius 3 is 2.35 bits per heavy atom. The lowest BCUT2D eigenvalue weighted by Crippen LogP contribution is -2.34. The molecule has 2 aromatic carbocycles. The number of likely N-dealkylation sites (N-methyl/N-ethyl adjacent to an activating group) is 1. The summed E-state index contributed by atoms with van der Waals surface area (Å²) in [6.45, 7) is 1.45. The van der Waals surface area contributed by atoms with E-state index in [0.29, 0.717) is 15.7 Å². The molecule has 134 valence electrons. The molecule has 0 aliphatic carbocycles. The first-order valence-corrected chi connectivity index (χ1v) is 9.33. The molecule has 2 aromatic rings. The number of hydrogen-bond acceptors (Lipinski definition) is 3. The molecule has 6 heteroatoms. The van der Waals surface area contributed by atoms with Crippen molar-refractivity contribution < 1.29 is 9.59 Å². The van der Waals surface area contributed by atoms with Crippen molar-refractivity contribution in [3.05, 3.63) is 63.1 Å². The number of carbonyl (C=O) groups excluding carboxylic acids is 2. The number of imide groups is 1. The molecule has 26 heavy (non-hydrogen) atoms. The molecule has 2 heterocycles. The molecule has 0 bridgehead atoms. The number of para-hydroxylation sites is 1. The van der Waals surface area contributed by atoms with Crippen LogP contribution in [0.15, 0.2) is 36.4 Å². The lowest BCUT2D eigenvalue weighted by Gasteiger charge is -2.35. The second-order valence-electron chi connectivity index (χ2n) is 6.85. The predicted molar refractivity (Wildman–Crippen MR) is 103 cm³/mol. The number of rotatable bonds is 2. The van der Waals surface area contributed by atoms with Gasteiger partial charge in [-0.3, -0.25) is 14.5 Å². The van der Waals surface area contributed by atoms with E-state index in [4.69, 9.17) is 23.2 Å². The first-order chi connectivity index (χ1) is 12.5. The molecule has 1 atom stereocenters. The summed E-state index contributed by atoms with van der Waals surface area (Å²) < 4.78 is 0. The molecular weight excluding hydrogens is 371 g/mol. The van der Waals surface area contributed by atoms with E-state index in [1.54, 1.807) is 0 Å². The Hall–Kier alpha value is -1.88. The van der Waals surface area contributed by atoms with Crippen LogP contribution in [-0.2, 0) is 16.1 Å². The van der Waals surface area contributed by atoms with E-state index in [-0.39, 0.29) is 30.6 Å². The van der Waals surface area contributed by atoms with Crippen molar-refractivity contribution >= 4 is 40.7 Å². The van der Waals surface area contributed by atoms with Crippen LogP contribution in [0.3, 0.4) is 0 Å². The van der Waals surface area contributed by atoms with Crippen LogP contribution in [0.25, 0.3) is 0 Å². The van der Waals surface area contributed by atoms with Crippen molar-refractivity contribution in [2.75, 3.05) is 18.5 Å². The van der Waals surface area contributed by atoms with Crippen molar-refractivity contribution in [1.82, 2.24) is 4.90 Å². The summed E-state index contributed by atoms with van der Waals surface area (Å²) in [5.41, 5.74) is 3.57. The first kappa shape index (κ1) is 17.5. The summed E-state index contributed by atoms with van der Waals surface area (Å²) in [5, 5.41) is 1.35. The second kappa shape index (κ2) is 6.69. The fourth-order valence-corrected chi connectivity index (χ4v) is 4.50. The van der Waals surface area contributed by atoms with Crippen molar-refractivity contribution in [1.29, 1.82) is 0 Å². The van der Waals surface area contributed by atoms with Crippen LogP contribution in [0.4, 0.5) is 5.69 Å². The SMILES string of the molecule is CN1Cc2c(Cl)ccc(Cl)c2C(c2ccccc2N2C(=O)CCC2=O)C1. The van der Waals surface area contributed by atoms with Gasteiger partial charge in [-0.1, -0.05) is 41.4 Å². The van der Waals surface area contributed by atoms with Crippen LogP contribution >= 0.6 is 23.2 Å².